The molecule has 1 aliphatic rings. The van der Waals surface area contributed by atoms with Crippen LogP contribution in [0.25, 0.3) is 0 Å². The fourth-order valence-corrected chi connectivity index (χ4v) is 4.18. The summed E-state index contributed by atoms with van der Waals surface area (Å²) in [6.45, 7) is 10.2. The Bertz CT molecular complexity index is 817. The van der Waals surface area contributed by atoms with Crippen LogP contribution in [0, 0.1) is 20.8 Å². The first kappa shape index (κ1) is 19.6. The van der Waals surface area contributed by atoms with Gasteiger partial charge in [0.2, 0.25) is 5.91 Å². The number of amides is 1. The van der Waals surface area contributed by atoms with E-state index in [1.54, 1.807) is 0 Å². The van der Waals surface area contributed by atoms with Crippen LogP contribution in [0.2, 0.25) is 0 Å². The van der Waals surface area contributed by atoms with E-state index in [-0.39, 0.29) is 18.0 Å². The molecule has 0 aromatic heterocycles. The number of nitrogens with one attached hydrogen (secondary N) is 2. The number of hydrogen-bond donors (Lipinski definition) is 2. The molecule has 1 aliphatic carbocycles. The molecule has 0 radical (unpaired) electrons. The molecule has 0 saturated carbocycles. The molecule has 0 saturated heterocycles. The second kappa shape index (κ2) is 8.26. The summed E-state index contributed by atoms with van der Waals surface area (Å²) < 4.78 is 0. The number of anilines is 1. The molecule has 2 N–H and O–H groups in total. The second-order valence-electron chi connectivity index (χ2n) is 8.11. The van der Waals surface area contributed by atoms with Crippen molar-refractivity contribution in [3.8, 4) is 0 Å². The molecular formula is C24H32N2O. The van der Waals surface area contributed by atoms with Crippen LogP contribution in [-0.2, 0) is 17.6 Å². The number of benzene rings is 2. The molecule has 2 atom stereocenters. The molecule has 3 rings (SSSR count). The summed E-state index contributed by atoms with van der Waals surface area (Å²) in [6.07, 6.45) is 4.96. The molecule has 144 valence electrons. The Labute approximate surface area is 163 Å². The van der Waals surface area contributed by atoms with Gasteiger partial charge in [-0.15, -0.1) is 0 Å². The molecule has 0 bridgehead atoms. The standard InChI is InChI=1S/C24H32N2O/c1-15-12-16(2)23(17(3)13-15)26-24(27)19(5)25-18(4)21-11-10-20-8-6-7-9-22(20)14-21/h10-14,18-19,25H,6-9H2,1-5H3,(H,26,27)/t18-,19+/m0/s1. The van der Waals surface area contributed by atoms with Gasteiger partial charge in [-0.05, 0) is 88.1 Å². The Kier molecular flexibility index (Phi) is 6.01. The molecule has 2 aromatic carbocycles. The minimum atomic E-state index is -0.267. The third kappa shape index (κ3) is 4.59. The van der Waals surface area contributed by atoms with Crippen LogP contribution >= 0.6 is 0 Å². The lowest BCUT2D eigenvalue weighted by atomic mass is 9.89. The Morgan fingerprint density at radius 1 is 0.926 bits per heavy atom. The maximum Gasteiger partial charge on any atom is 0.241 e. The molecule has 3 nitrogen and oxygen atoms in total. The normalized spacial score (nSPS) is 15.7. The second-order valence-corrected chi connectivity index (χ2v) is 8.11. The Morgan fingerprint density at radius 3 is 2.22 bits per heavy atom. The number of hydrogen-bond acceptors (Lipinski definition) is 2. The maximum absolute atomic E-state index is 12.7. The van der Waals surface area contributed by atoms with Crippen LogP contribution in [-0.4, -0.2) is 11.9 Å². The lowest BCUT2D eigenvalue weighted by Crippen LogP contribution is -2.39. The van der Waals surface area contributed by atoms with Crippen molar-refractivity contribution in [3.05, 3.63) is 63.7 Å². The molecule has 27 heavy (non-hydrogen) atoms. The average molecular weight is 365 g/mol. The summed E-state index contributed by atoms with van der Waals surface area (Å²) in [5, 5.41) is 6.57. The molecule has 2 aromatic rings. The van der Waals surface area contributed by atoms with E-state index in [4.69, 9.17) is 0 Å². The van der Waals surface area contributed by atoms with Crippen LogP contribution in [0.15, 0.2) is 30.3 Å². The predicted molar refractivity (Wildman–Crippen MR) is 113 cm³/mol. The van der Waals surface area contributed by atoms with Gasteiger partial charge >= 0.3 is 0 Å². The zero-order valence-electron chi connectivity index (χ0n) is 17.3. The van der Waals surface area contributed by atoms with E-state index in [0.29, 0.717) is 0 Å². The van der Waals surface area contributed by atoms with Crippen molar-refractivity contribution in [3.63, 3.8) is 0 Å². The highest BCUT2D eigenvalue weighted by Crippen LogP contribution is 2.25. The summed E-state index contributed by atoms with van der Waals surface area (Å²) in [4.78, 5) is 12.7. The van der Waals surface area contributed by atoms with E-state index in [1.165, 1.54) is 47.9 Å². The van der Waals surface area contributed by atoms with Gasteiger partial charge in [-0.1, -0.05) is 35.9 Å². The molecule has 0 aliphatic heterocycles. The fourth-order valence-electron chi connectivity index (χ4n) is 4.18. The third-order valence-corrected chi connectivity index (χ3v) is 5.69. The number of carbonyl (C=O) groups is 1. The van der Waals surface area contributed by atoms with Gasteiger partial charge < -0.3 is 5.32 Å². The highest BCUT2D eigenvalue weighted by Gasteiger charge is 2.19. The predicted octanol–water partition coefficient (Wildman–Crippen LogP) is 5.17. The highest BCUT2D eigenvalue weighted by molar-refractivity contribution is 5.96. The minimum absolute atomic E-state index is 0.00913. The van der Waals surface area contributed by atoms with Gasteiger partial charge in [0, 0.05) is 11.7 Å². The van der Waals surface area contributed by atoms with E-state index in [9.17, 15) is 4.79 Å². The number of carbonyl (C=O) groups excluding carboxylic acids is 1. The summed E-state index contributed by atoms with van der Waals surface area (Å²) in [6, 6.07) is 10.9. The van der Waals surface area contributed by atoms with E-state index in [1.807, 2.05) is 20.8 Å². The molecular weight excluding hydrogens is 332 g/mol. The topological polar surface area (TPSA) is 41.1 Å². The molecule has 0 fully saturated rings. The average Bonchev–Trinajstić information content (AvgIpc) is 2.63. The lowest BCUT2D eigenvalue weighted by Gasteiger charge is -2.23. The van der Waals surface area contributed by atoms with E-state index < -0.39 is 0 Å². The Morgan fingerprint density at radius 2 is 1.56 bits per heavy atom. The van der Waals surface area contributed by atoms with Crippen molar-refractivity contribution < 1.29 is 4.79 Å². The van der Waals surface area contributed by atoms with Gasteiger partial charge in [-0.3, -0.25) is 10.1 Å². The van der Waals surface area contributed by atoms with Crippen molar-refractivity contribution in [1.29, 1.82) is 0 Å². The fraction of sp³-hybridized carbons (Fsp3) is 0.458. The van der Waals surface area contributed by atoms with Crippen LogP contribution in [0.5, 0.6) is 0 Å². The quantitative estimate of drug-likeness (QED) is 0.768. The van der Waals surface area contributed by atoms with Gasteiger partial charge in [0.15, 0.2) is 0 Å². The Hall–Kier alpha value is -2.13. The molecule has 0 spiro atoms. The monoisotopic (exact) mass is 364 g/mol. The summed E-state index contributed by atoms with van der Waals surface area (Å²) in [5.41, 5.74) is 8.60. The Balaban J connectivity index is 1.66. The van der Waals surface area contributed by atoms with Crippen LogP contribution < -0.4 is 10.6 Å². The zero-order valence-corrected chi connectivity index (χ0v) is 17.3. The number of rotatable bonds is 5. The number of fused-ring (bicyclic) bond motifs is 1. The first-order valence-electron chi connectivity index (χ1n) is 10.1. The van der Waals surface area contributed by atoms with E-state index >= 15 is 0 Å². The summed E-state index contributed by atoms with van der Waals surface area (Å²) >= 11 is 0. The first-order valence-corrected chi connectivity index (χ1v) is 10.1. The van der Waals surface area contributed by atoms with Gasteiger partial charge in [-0.2, -0.15) is 0 Å². The lowest BCUT2D eigenvalue weighted by molar-refractivity contribution is -0.117. The smallest absolute Gasteiger partial charge is 0.241 e. The highest BCUT2D eigenvalue weighted by atomic mass is 16.2. The maximum atomic E-state index is 12.7. The van der Waals surface area contributed by atoms with Gasteiger partial charge in [0.25, 0.3) is 0 Å². The zero-order chi connectivity index (χ0) is 19.6. The van der Waals surface area contributed by atoms with Crippen molar-refractivity contribution >= 4 is 11.6 Å². The van der Waals surface area contributed by atoms with Crippen LogP contribution in [0.1, 0.15) is 66.1 Å². The van der Waals surface area contributed by atoms with Gasteiger partial charge in [0.1, 0.15) is 0 Å². The molecule has 0 unspecified atom stereocenters. The van der Waals surface area contributed by atoms with E-state index in [2.05, 4.69) is 54.8 Å². The first-order chi connectivity index (χ1) is 12.8. The molecule has 3 heteroatoms. The summed E-state index contributed by atoms with van der Waals surface area (Å²) in [7, 11) is 0. The van der Waals surface area contributed by atoms with E-state index in [0.717, 1.165) is 16.8 Å². The van der Waals surface area contributed by atoms with Crippen molar-refractivity contribution in [2.45, 2.75) is 72.4 Å². The van der Waals surface area contributed by atoms with Gasteiger partial charge in [0.05, 0.1) is 6.04 Å². The van der Waals surface area contributed by atoms with Crippen molar-refractivity contribution in [1.82, 2.24) is 5.32 Å². The molecule has 1 amide bonds. The summed E-state index contributed by atoms with van der Waals surface area (Å²) in [5.74, 6) is 0.00913. The SMILES string of the molecule is Cc1cc(C)c(NC(=O)[C@@H](C)N[C@@H](C)c2ccc3c(c2)CCCC3)c(C)c1. The largest absolute Gasteiger partial charge is 0.324 e. The minimum Gasteiger partial charge on any atom is -0.324 e. The van der Waals surface area contributed by atoms with Crippen molar-refractivity contribution in [2.24, 2.45) is 0 Å². The molecule has 0 heterocycles. The van der Waals surface area contributed by atoms with Gasteiger partial charge in [-0.25, -0.2) is 0 Å². The third-order valence-electron chi connectivity index (χ3n) is 5.69. The van der Waals surface area contributed by atoms with Crippen LogP contribution in [0.4, 0.5) is 5.69 Å². The van der Waals surface area contributed by atoms with Crippen molar-refractivity contribution in [2.75, 3.05) is 5.32 Å². The number of aryl methyl sites for hydroxylation is 5. The van der Waals surface area contributed by atoms with Crippen LogP contribution in [0.3, 0.4) is 0 Å².